The summed E-state index contributed by atoms with van der Waals surface area (Å²) in [5.41, 5.74) is 3.05. The van der Waals surface area contributed by atoms with E-state index in [1.165, 1.54) is 94.8 Å². The van der Waals surface area contributed by atoms with Crippen molar-refractivity contribution in [2.24, 2.45) is 17.8 Å². The van der Waals surface area contributed by atoms with E-state index in [2.05, 4.69) is 43.3 Å². The Morgan fingerprint density at radius 3 is 2.21 bits per heavy atom. The largest absolute Gasteiger partial charge is 0.199 e. The molecule has 1 nitrogen and oxygen atoms in total. The molecular weight excluding hydrogens is 405 g/mol. The Bertz CT molecular complexity index is 809. The van der Waals surface area contributed by atoms with Crippen LogP contribution in [0.5, 0.6) is 0 Å². The number of nitrogens with zero attached hydrogens (tertiary/aromatic N) is 1. The van der Waals surface area contributed by atoms with Crippen LogP contribution < -0.4 is 0 Å². The van der Waals surface area contributed by atoms with Crippen molar-refractivity contribution in [2.45, 2.75) is 96.3 Å². The zero-order valence-corrected chi connectivity index (χ0v) is 20.5. The van der Waals surface area contributed by atoms with E-state index in [9.17, 15) is 4.39 Å². The van der Waals surface area contributed by atoms with Gasteiger partial charge in [0.25, 0.3) is 0 Å². The van der Waals surface area contributed by atoms with Crippen LogP contribution in [0.25, 0.3) is 0 Å². The number of nitriles is 1. The van der Waals surface area contributed by atoms with Gasteiger partial charge in [-0.1, -0.05) is 61.9 Å². The van der Waals surface area contributed by atoms with Gasteiger partial charge in [-0.15, -0.1) is 0 Å². The number of benzene rings is 1. The van der Waals surface area contributed by atoms with Gasteiger partial charge in [0.05, 0.1) is 0 Å². The van der Waals surface area contributed by atoms with Crippen LogP contribution in [0.15, 0.2) is 60.5 Å². The van der Waals surface area contributed by atoms with E-state index in [0.29, 0.717) is 0 Å². The summed E-state index contributed by atoms with van der Waals surface area (Å²) in [7, 11) is 0. The first-order valence-corrected chi connectivity index (χ1v) is 13.4. The molecule has 0 aromatic heterocycles. The predicted molar refractivity (Wildman–Crippen MR) is 138 cm³/mol. The second kappa shape index (κ2) is 14.2. The zero-order valence-electron chi connectivity index (χ0n) is 20.5. The Morgan fingerprint density at radius 1 is 0.970 bits per heavy atom. The Balaban J connectivity index is 1.32. The monoisotopic (exact) mass is 447 g/mol. The first-order chi connectivity index (χ1) is 16.2. The fourth-order valence-corrected chi connectivity index (χ4v) is 5.58. The van der Waals surface area contributed by atoms with Crippen LogP contribution in [0.2, 0.25) is 0 Å². The van der Waals surface area contributed by atoms with Crippen LogP contribution in [0.1, 0.15) is 101 Å². The molecule has 2 saturated carbocycles. The highest BCUT2D eigenvalue weighted by Gasteiger charge is 2.22. The van der Waals surface area contributed by atoms with E-state index in [0.717, 1.165) is 30.1 Å². The summed E-state index contributed by atoms with van der Waals surface area (Å²) in [5.74, 6) is 2.37. The van der Waals surface area contributed by atoms with Crippen molar-refractivity contribution >= 4 is 0 Å². The molecule has 0 bridgehead atoms. The summed E-state index contributed by atoms with van der Waals surface area (Å²) >= 11 is 0. The molecule has 2 aliphatic carbocycles. The fraction of sp³-hybridized carbons (Fsp3) is 0.581. The number of hydrogen-bond acceptors (Lipinski definition) is 1. The summed E-state index contributed by atoms with van der Waals surface area (Å²) in [6.45, 7) is 2.26. The lowest BCUT2D eigenvalue weighted by molar-refractivity contribution is 0.295. The van der Waals surface area contributed by atoms with Crippen LogP contribution in [0, 0.1) is 29.1 Å². The number of halogens is 1. The highest BCUT2D eigenvalue weighted by Crippen LogP contribution is 2.38. The van der Waals surface area contributed by atoms with Gasteiger partial charge in [-0.25, -0.2) is 0 Å². The lowest BCUT2D eigenvalue weighted by Crippen LogP contribution is -2.14. The van der Waals surface area contributed by atoms with E-state index in [4.69, 9.17) is 5.26 Å². The molecule has 178 valence electrons. The molecule has 0 saturated heterocycles. The number of aryl methyl sites for hydroxylation is 1. The molecule has 0 heterocycles. The Kier molecular flexibility index (Phi) is 11.0. The van der Waals surface area contributed by atoms with Crippen molar-refractivity contribution in [1.82, 2.24) is 0 Å². The summed E-state index contributed by atoms with van der Waals surface area (Å²) in [6, 6.07) is 11.0. The summed E-state index contributed by atoms with van der Waals surface area (Å²) in [6.07, 6.45) is 26.5. The van der Waals surface area contributed by atoms with Gasteiger partial charge in [-0.2, -0.15) is 9.65 Å². The molecule has 2 heteroatoms. The summed E-state index contributed by atoms with van der Waals surface area (Å²) < 4.78 is 12.8. The SMILES string of the molecule is CCCCc1ccc(C2CCC(C=CC3CCC(CCC=CC=C(F)C#N)CC3)CC2)cc1. The van der Waals surface area contributed by atoms with Gasteiger partial charge in [0.1, 0.15) is 6.07 Å². The minimum Gasteiger partial charge on any atom is -0.195 e. The van der Waals surface area contributed by atoms with Crippen LogP contribution in [0.3, 0.4) is 0 Å². The molecule has 2 aliphatic rings. The van der Waals surface area contributed by atoms with E-state index >= 15 is 0 Å². The van der Waals surface area contributed by atoms with Gasteiger partial charge < -0.3 is 0 Å². The molecule has 0 amide bonds. The first-order valence-electron chi connectivity index (χ1n) is 13.4. The maximum absolute atomic E-state index is 12.8. The van der Waals surface area contributed by atoms with E-state index < -0.39 is 5.83 Å². The van der Waals surface area contributed by atoms with Crippen molar-refractivity contribution in [3.8, 4) is 6.07 Å². The molecule has 3 rings (SSSR count). The zero-order chi connectivity index (χ0) is 23.3. The van der Waals surface area contributed by atoms with Crippen molar-refractivity contribution < 1.29 is 4.39 Å². The van der Waals surface area contributed by atoms with Crippen molar-refractivity contribution in [3.63, 3.8) is 0 Å². The number of hydrogen-bond donors (Lipinski definition) is 0. The Labute approximate surface area is 201 Å². The minimum atomic E-state index is -0.719. The highest BCUT2D eigenvalue weighted by atomic mass is 19.1. The van der Waals surface area contributed by atoms with Gasteiger partial charge in [-0.05, 0) is 118 Å². The van der Waals surface area contributed by atoms with Crippen LogP contribution >= 0.6 is 0 Å². The lowest BCUT2D eigenvalue weighted by atomic mass is 9.76. The topological polar surface area (TPSA) is 23.8 Å². The quantitative estimate of drug-likeness (QED) is 0.199. The van der Waals surface area contributed by atoms with Crippen molar-refractivity contribution in [3.05, 3.63) is 71.6 Å². The van der Waals surface area contributed by atoms with Crippen LogP contribution in [-0.2, 0) is 6.42 Å². The molecule has 0 unspecified atom stereocenters. The third-order valence-electron chi connectivity index (χ3n) is 7.82. The highest BCUT2D eigenvalue weighted by molar-refractivity contribution is 5.26. The summed E-state index contributed by atoms with van der Waals surface area (Å²) in [5, 5.41) is 8.40. The Morgan fingerprint density at radius 2 is 1.61 bits per heavy atom. The average Bonchev–Trinajstić information content (AvgIpc) is 2.87. The van der Waals surface area contributed by atoms with E-state index in [1.54, 1.807) is 11.6 Å². The molecule has 0 radical (unpaired) electrons. The predicted octanol–water partition coefficient (Wildman–Crippen LogP) is 9.38. The molecule has 0 aliphatic heterocycles. The number of allylic oxidation sites excluding steroid dienone is 6. The molecular formula is C31H42FN. The molecule has 0 atom stereocenters. The standard InChI is InChI=1S/C31H42FN/c1-2-3-7-25-16-20-29(21-17-25)30-22-18-28(19-23-30)15-14-27-12-10-26(11-13-27)8-5-4-6-9-31(32)24-33/h4,6,9,14-17,20-21,26-28,30H,2-3,5,7-8,10-13,18-19,22-23H2,1H3. The second-order valence-electron chi connectivity index (χ2n) is 10.3. The van der Waals surface area contributed by atoms with Gasteiger partial charge >= 0.3 is 0 Å². The Hall–Kier alpha value is -2.14. The van der Waals surface area contributed by atoms with Gasteiger partial charge in [0.15, 0.2) is 5.83 Å². The number of rotatable bonds is 10. The average molecular weight is 448 g/mol. The molecule has 1 aromatic carbocycles. The van der Waals surface area contributed by atoms with Gasteiger partial charge in [0.2, 0.25) is 0 Å². The molecule has 33 heavy (non-hydrogen) atoms. The van der Waals surface area contributed by atoms with Gasteiger partial charge in [-0.3, -0.25) is 0 Å². The molecule has 2 fully saturated rings. The third-order valence-corrected chi connectivity index (χ3v) is 7.82. The lowest BCUT2D eigenvalue weighted by Gasteiger charge is -2.29. The molecule has 0 spiro atoms. The number of unbranched alkanes of at least 4 members (excludes halogenated alkanes) is 1. The van der Waals surface area contributed by atoms with Crippen molar-refractivity contribution in [2.75, 3.05) is 0 Å². The summed E-state index contributed by atoms with van der Waals surface area (Å²) in [4.78, 5) is 0. The van der Waals surface area contributed by atoms with Gasteiger partial charge in [0, 0.05) is 0 Å². The maximum atomic E-state index is 12.8. The first kappa shape index (κ1) is 25.5. The third kappa shape index (κ3) is 8.96. The minimum absolute atomic E-state index is 0.719. The smallest absolute Gasteiger partial charge is 0.195 e. The fourth-order valence-electron chi connectivity index (χ4n) is 5.58. The molecule has 0 N–H and O–H groups in total. The van der Waals surface area contributed by atoms with E-state index in [1.807, 2.05) is 6.08 Å². The normalized spacial score (nSPS) is 26.6. The van der Waals surface area contributed by atoms with Crippen molar-refractivity contribution in [1.29, 1.82) is 5.26 Å². The maximum Gasteiger partial charge on any atom is 0.199 e. The van der Waals surface area contributed by atoms with Crippen LogP contribution in [0.4, 0.5) is 4.39 Å². The molecule has 1 aromatic rings. The second-order valence-corrected chi connectivity index (χ2v) is 10.3. The van der Waals surface area contributed by atoms with E-state index in [-0.39, 0.29) is 0 Å². The van der Waals surface area contributed by atoms with Crippen LogP contribution in [-0.4, -0.2) is 0 Å².